The van der Waals surface area contributed by atoms with Crippen LogP contribution in [-0.2, 0) is 0 Å². The Balaban J connectivity index is 2.18. The molecule has 0 aromatic heterocycles. The van der Waals surface area contributed by atoms with Gasteiger partial charge in [-0.1, -0.05) is 45.3 Å². The number of nitrogens with zero attached hydrogens (tertiary/aromatic N) is 2. The predicted octanol–water partition coefficient (Wildman–Crippen LogP) is 3.81. The van der Waals surface area contributed by atoms with Crippen molar-refractivity contribution in [3.63, 3.8) is 0 Å². The third kappa shape index (κ3) is 3.35. The highest BCUT2D eigenvalue weighted by atomic mass is 15.3. The lowest BCUT2D eigenvalue weighted by Gasteiger charge is -2.35. The average Bonchev–Trinajstić information content (AvgIpc) is 2.72. The largest absolute Gasteiger partial charge is 0.353 e. The number of hydrogen-bond acceptors (Lipinski definition) is 2. The molecule has 106 valence electrons. The Morgan fingerprint density at radius 3 is 2.37 bits per heavy atom. The van der Waals surface area contributed by atoms with E-state index in [0.717, 1.165) is 6.42 Å². The van der Waals surface area contributed by atoms with Gasteiger partial charge in [-0.2, -0.15) is 0 Å². The Bertz CT molecular complexity index is 325. The van der Waals surface area contributed by atoms with Crippen molar-refractivity contribution in [2.45, 2.75) is 90.2 Å². The van der Waals surface area contributed by atoms with Crippen LogP contribution in [0, 0.1) is 5.92 Å². The molecular weight excluding hydrogens is 231 g/mol. The normalized spacial score (nSPS) is 32.8. The van der Waals surface area contributed by atoms with Gasteiger partial charge in [0.25, 0.3) is 0 Å². The third-order valence-electron chi connectivity index (χ3n) is 4.59. The Morgan fingerprint density at radius 1 is 1.05 bits per heavy atom. The number of fused-ring (bicyclic) bond motifs is 1. The first-order valence-corrected chi connectivity index (χ1v) is 8.12. The molecule has 0 saturated heterocycles. The molecule has 3 unspecified atom stereocenters. The van der Waals surface area contributed by atoms with Gasteiger partial charge in [0.2, 0.25) is 0 Å². The van der Waals surface area contributed by atoms with Gasteiger partial charge in [0.05, 0.1) is 19.9 Å². The van der Waals surface area contributed by atoms with Crippen molar-refractivity contribution in [2.75, 3.05) is 0 Å². The fourth-order valence-corrected chi connectivity index (χ4v) is 3.65. The lowest BCUT2D eigenvalue weighted by Crippen LogP contribution is -2.45. The summed E-state index contributed by atoms with van der Waals surface area (Å²) in [4.78, 5) is 7.68. The molecule has 1 aliphatic carbocycles. The summed E-state index contributed by atoms with van der Waals surface area (Å²) >= 11 is 0. The minimum absolute atomic E-state index is 0.393. The van der Waals surface area contributed by atoms with Crippen LogP contribution in [0.4, 0.5) is 0 Å². The molecule has 1 heterocycles. The van der Waals surface area contributed by atoms with Crippen LogP contribution in [0.3, 0.4) is 0 Å². The van der Waals surface area contributed by atoms with E-state index in [1.54, 1.807) is 0 Å². The van der Waals surface area contributed by atoms with Gasteiger partial charge in [-0.25, -0.2) is 0 Å². The van der Waals surface area contributed by atoms with Crippen molar-refractivity contribution in [3.8, 4) is 0 Å². The number of hydrogen-bond donors (Lipinski definition) is 0. The van der Waals surface area contributed by atoms with E-state index in [4.69, 9.17) is 12.8 Å². The molecule has 0 aromatic carbocycles. The first-order chi connectivity index (χ1) is 9.00. The van der Waals surface area contributed by atoms with Crippen molar-refractivity contribution in [1.82, 2.24) is 4.90 Å². The van der Waals surface area contributed by atoms with Crippen molar-refractivity contribution in [1.29, 1.82) is 0 Å². The van der Waals surface area contributed by atoms with E-state index in [1.165, 1.54) is 37.9 Å². The van der Waals surface area contributed by atoms with Gasteiger partial charge in [-0.15, -0.1) is 0 Å². The van der Waals surface area contributed by atoms with Crippen LogP contribution < -0.4 is 0 Å². The Labute approximate surface area is 120 Å². The summed E-state index contributed by atoms with van der Waals surface area (Å²) in [5.41, 5.74) is 0. The molecular formula is C16H29BN2. The van der Waals surface area contributed by atoms with Crippen LogP contribution in [0.5, 0.6) is 0 Å². The smallest absolute Gasteiger partial charge is 0.102 e. The van der Waals surface area contributed by atoms with E-state index in [0.29, 0.717) is 29.9 Å². The second-order valence-electron chi connectivity index (χ2n) is 6.90. The van der Waals surface area contributed by atoms with Crippen LogP contribution >= 0.6 is 0 Å². The van der Waals surface area contributed by atoms with Gasteiger partial charge in [0, 0.05) is 12.0 Å². The highest BCUT2D eigenvalue weighted by Gasteiger charge is 2.38. The van der Waals surface area contributed by atoms with Gasteiger partial charge >= 0.3 is 0 Å². The van der Waals surface area contributed by atoms with E-state index in [2.05, 4.69) is 32.6 Å². The fraction of sp³-hybridized carbons (Fsp3) is 0.938. The molecule has 2 rings (SSSR count). The first kappa shape index (κ1) is 14.9. The summed E-state index contributed by atoms with van der Waals surface area (Å²) in [6.45, 7) is 9.15. The maximum Gasteiger partial charge on any atom is 0.102 e. The summed E-state index contributed by atoms with van der Waals surface area (Å²) in [5, 5.41) is 0. The maximum atomic E-state index is 6.18. The maximum absolute atomic E-state index is 6.18. The van der Waals surface area contributed by atoms with Gasteiger partial charge in [-0.05, 0) is 26.7 Å². The van der Waals surface area contributed by atoms with Crippen molar-refractivity contribution in [2.24, 2.45) is 10.9 Å². The topological polar surface area (TPSA) is 15.6 Å². The van der Waals surface area contributed by atoms with Crippen LogP contribution in [0.15, 0.2) is 4.99 Å². The molecule has 0 bridgehead atoms. The van der Waals surface area contributed by atoms with Crippen LogP contribution in [-0.4, -0.2) is 36.7 Å². The van der Waals surface area contributed by atoms with E-state index in [9.17, 15) is 0 Å². The molecule has 0 aromatic rings. The zero-order chi connectivity index (χ0) is 14.0. The molecule has 2 aliphatic rings. The zero-order valence-corrected chi connectivity index (χ0v) is 13.1. The number of amidine groups is 1. The van der Waals surface area contributed by atoms with Crippen LogP contribution in [0.2, 0.25) is 5.82 Å². The molecule has 0 N–H and O–H groups in total. The lowest BCUT2D eigenvalue weighted by atomic mass is 9.79. The Kier molecular flexibility index (Phi) is 4.97. The molecule has 0 amide bonds. The van der Waals surface area contributed by atoms with Gasteiger partial charge in [-0.3, -0.25) is 4.99 Å². The second kappa shape index (κ2) is 6.32. The highest BCUT2D eigenvalue weighted by Crippen LogP contribution is 2.33. The first-order valence-electron chi connectivity index (χ1n) is 8.12. The fourth-order valence-electron chi connectivity index (χ4n) is 3.65. The molecule has 19 heavy (non-hydrogen) atoms. The third-order valence-corrected chi connectivity index (χ3v) is 4.59. The van der Waals surface area contributed by atoms with E-state index in [-0.39, 0.29) is 0 Å². The quantitative estimate of drug-likeness (QED) is 0.689. The standard InChI is InChI=1S/C16H29BN2/c1-11(2)16-18-14-10-9-13(17)7-5-6-8-15(14)19(16)12(3)4/h11-15H,5-10H2,1-4H3. The van der Waals surface area contributed by atoms with Crippen LogP contribution in [0.25, 0.3) is 0 Å². The van der Waals surface area contributed by atoms with Gasteiger partial charge < -0.3 is 4.90 Å². The van der Waals surface area contributed by atoms with E-state index in [1.807, 2.05) is 0 Å². The summed E-state index contributed by atoms with van der Waals surface area (Å²) in [7, 11) is 6.18. The van der Waals surface area contributed by atoms with Crippen molar-refractivity contribution >= 4 is 13.7 Å². The zero-order valence-electron chi connectivity index (χ0n) is 13.1. The summed E-state index contributed by atoms with van der Waals surface area (Å²) in [6, 6.07) is 1.68. The highest BCUT2D eigenvalue weighted by molar-refractivity contribution is 6.11. The summed E-state index contributed by atoms with van der Waals surface area (Å²) < 4.78 is 0. The average molecular weight is 260 g/mol. The predicted molar refractivity (Wildman–Crippen MR) is 84.0 cm³/mol. The minimum atomic E-state index is 0.393. The summed E-state index contributed by atoms with van der Waals surface area (Å²) in [6.07, 6.45) is 7.39. The summed E-state index contributed by atoms with van der Waals surface area (Å²) in [5.74, 6) is 2.26. The molecule has 2 nitrogen and oxygen atoms in total. The molecule has 2 radical (unpaired) electrons. The van der Waals surface area contributed by atoms with Gasteiger partial charge in [0.1, 0.15) is 5.84 Å². The number of aliphatic imine (C=N–C) groups is 1. The number of rotatable bonds is 2. The lowest BCUT2D eigenvalue weighted by molar-refractivity contribution is 0.231. The van der Waals surface area contributed by atoms with Crippen molar-refractivity contribution < 1.29 is 0 Å². The Hall–Kier alpha value is -0.465. The van der Waals surface area contributed by atoms with E-state index < -0.39 is 0 Å². The molecule has 1 fully saturated rings. The molecule has 0 spiro atoms. The SMILES string of the molecule is [B]C1CCCCC2C(CC1)N=C(C(C)C)N2C(C)C. The molecule has 1 aliphatic heterocycles. The van der Waals surface area contributed by atoms with Crippen molar-refractivity contribution in [3.05, 3.63) is 0 Å². The second-order valence-corrected chi connectivity index (χ2v) is 6.90. The molecule has 3 heteroatoms. The van der Waals surface area contributed by atoms with E-state index >= 15 is 0 Å². The molecule has 3 atom stereocenters. The van der Waals surface area contributed by atoms with Crippen LogP contribution in [0.1, 0.15) is 66.2 Å². The molecule has 1 saturated carbocycles. The Morgan fingerprint density at radius 2 is 1.74 bits per heavy atom. The van der Waals surface area contributed by atoms with Gasteiger partial charge in [0.15, 0.2) is 0 Å². The minimum Gasteiger partial charge on any atom is -0.353 e. The monoisotopic (exact) mass is 260 g/mol.